The fraction of sp³-hybridized carbons (Fsp3) is 0.471. The number of aliphatic hydroxyl groups excluding tert-OH is 1. The van der Waals surface area contributed by atoms with Crippen molar-refractivity contribution in [3.05, 3.63) is 107 Å². The van der Waals surface area contributed by atoms with E-state index in [2.05, 4.69) is 124 Å². The highest BCUT2D eigenvalue weighted by Crippen LogP contribution is 2.52. The Labute approximate surface area is 219 Å². The Bertz CT molecular complexity index is 1030. The number of nitrogens with zero attached hydrogens (tertiary/aromatic N) is 1. The molecule has 0 bridgehead atoms. The molecule has 3 aromatic carbocycles. The SMILES string of the molecule is CC(C)(C)c1ccc(C(O)CCCN2CCC(C)(C(C)(c3ccccc3)c3ccccc3)CC2)cc1. The van der Waals surface area contributed by atoms with Crippen molar-refractivity contribution in [3.63, 3.8) is 0 Å². The van der Waals surface area contributed by atoms with Crippen LogP contribution >= 0.6 is 0 Å². The number of aliphatic hydroxyl groups is 1. The molecule has 0 aliphatic carbocycles. The first-order valence-electron chi connectivity index (χ1n) is 13.8. The van der Waals surface area contributed by atoms with Gasteiger partial charge in [-0.05, 0) is 78.4 Å². The van der Waals surface area contributed by atoms with Crippen molar-refractivity contribution in [1.82, 2.24) is 4.90 Å². The monoisotopic (exact) mass is 483 g/mol. The highest BCUT2D eigenvalue weighted by atomic mass is 16.3. The third kappa shape index (κ3) is 5.61. The average molecular weight is 484 g/mol. The molecule has 0 saturated carbocycles. The van der Waals surface area contributed by atoms with Crippen LogP contribution in [0.15, 0.2) is 84.9 Å². The maximum absolute atomic E-state index is 10.8. The van der Waals surface area contributed by atoms with Crippen molar-refractivity contribution in [2.75, 3.05) is 19.6 Å². The zero-order valence-electron chi connectivity index (χ0n) is 23.0. The minimum absolute atomic E-state index is 0.0307. The lowest BCUT2D eigenvalue weighted by Crippen LogP contribution is -2.50. The summed E-state index contributed by atoms with van der Waals surface area (Å²) >= 11 is 0. The van der Waals surface area contributed by atoms with E-state index >= 15 is 0 Å². The molecule has 1 fully saturated rings. The van der Waals surface area contributed by atoms with Gasteiger partial charge in [-0.2, -0.15) is 0 Å². The van der Waals surface area contributed by atoms with E-state index in [0.29, 0.717) is 0 Å². The molecular weight excluding hydrogens is 438 g/mol. The van der Waals surface area contributed by atoms with E-state index in [9.17, 15) is 5.11 Å². The molecule has 0 radical (unpaired) electrons. The number of hydrogen-bond acceptors (Lipinski definition) is 2. The summed E-state index contributed by atoms with van der Waals surface area (Å²) in [7, 11) is 0. The minimum atomic E-state index is -0.381. The second kappa shape index (κ2) is 10.9. The molecule has 2 nitrogen and oxygen atoms in total. The smallest absolute Gasteiger partial charge is 0.0790 e. The lowest BCUT2D eigenvalue weighted by molar-refractivity contribution is 0.0623. The molecule has 1 saturated heterocycles. The summed E-state index contributed by atoms with van der Waals surface area (Å²) in [4.78, 5) is 2.60. The van der Waals surface area contributed by atoms with Crippen LogP contribution in [0.1, 0.15) is 88.7 Å². The largest absolute Gasteiger partial charge is 0.388 e. The van der Waals surface area contributed by atoms with Gasteiger partial charge in [-0.25, -0.2) is 0 Å². The number of benzene rings is 3. The fourth-order valence-electron chi connectivity index (χ4n) is 6.06. The van der Waals surface area contributed by atoms with E-state index in [1.54, 1.807) is 0 Å². The van der Waals surface area contributed by atoms with Gasteiger partial charge in [0.25, 0.3) is 0 Å². The van der Waals surface area contributed by atoms with E-state index < -0.39 is 0 Å². The van der Waals surface area contributed by atoms with Crippen LogP contribution in [0.2, 0.25) is 0 Å². The van der Waals surface area contributed by atoms with Gasteiger partial charge in [-0.1, -0.05) is 120 Å². The Morgan fingerprint density at radius 1 is 0.750 bits per heavy atom. The summed E-state index contributed by atoms with van der Waals surface area (Å²) in [5, 5.41) is 10.8. The van der Waals surface area contributed by atoms with Crippen LogP contribution in [0.25, 0.3) is 0 Å². The summed E-state index contributed by atoms with van der Waals surface area (Å²) in [6, 6.07) is 30.7. The highest BCUT2D eigenvalue weighted by molar-refractivity contribution is 5.41. The Hall–Kier alpha value is -2.42. The van der Waals surface area contributed by atoms with Crippen molar-refractivity contribution < 1.29 is 5.11 Å². The van der Waals surface area contributed by atoms with Crippen LogP contribution in [-0.2, 0) is 10.8 Å². The number of hydrogen-bond donors (Lipinski definition) is 1. The first-order chi connectivity index (χ1) is 17.1. The van der Waals surface area contributed by atoms with Gasteiger partial charge in [0, 0.05) is 5.41 Å². The van der Waals surface area contributed by atoms with Gasteiger partial charge in [0.15, 0.2) is 0 Å². The van der Waals surface area contributed by atoms with E-state index in [1.165, 1.54) is 29.5 Å². The molecule has 1 heterocycles. The molecule has 1 atom stereocenters. The lowest BCUT2D eigenvalue weighted by Gasteiger charge is -2.52. The molecule has 0 aromatic heterocycles. The van der Waals surface area contributed by atoms with Crippen LogP contribution in [0.5, 0.6) is 0 Å². The van der Waals surface area contributed by atoms with Gasteiger partial charge in [0.05, 0.1) is 6.10 Å². The molecular formula is C34H45NO. The van der Waals surface area contributed by atoms with Crippen molar-refractivity contribution in [2.24, 2.45) is 5.41 Å². The lowest BCUT2D eigenvalue weighted by atomic mass is 9.55. The summed E-state index contributed by atoms with van der Waals surface area (Å²) in [5.74, 6) is 0. The predicted molar refractivity (Wildman–Crippen MR) is 152 cm³/mol. The van der Waals surface area contributed by atoms with Gasteiger partial charge in [0.1, 0.15) is 0 Å². The molecule has 2 heteroatoms. The maximum Gasteiger partial charge on any atom is 0.0790 e. The molecule has 0 spiro atoms. The Balaban J connectivity index is 1.36. The third-order valence-corrected chi connectivity index (χ3v) is 8.98. The first kappa shape index (κ1) is 26.6. The summed E-state index contributed by atoms with van der Waals surface area (Å²) < 4.78 is 0. The Morgan fingerprint density at radius 3 is 1.72 bits per heavy atom. The van der Waals surface area contributed by atoms with Gasteiger partial charge in [0.2, 0.25) is 0 Å². The van der Waals surface area contributed by atoms with E-state index in [-0.39, 0.29) is 22.3 Å². The normalized spacial score (nSPS) is 17.6. The first-order valence-corrected chi connectivity index (χ1v) is 13.8. The average Bonchev–Trinajstić information content (AvgIpc) is 2.90. The molecule has 0 amide bonds. The Kier molecular flexibility index (Phi) is 8.07. The number of piperidine rings is 1. The minimum Gasteiger partial charge on any atom is -0.388 e. The molecule has 1 N–H and O–H groups in total. The summed E-state index contributed by atoms with van der Waals surface area (Å²) in [6.07, 6.45) is 3.80. The molecule has 1 aliphatic heterocycles. The van der Waals surface area contributed by atoms with Gasteiger partial charge >= 0.3 is 0 Å². The zero-order chi connectivity index (χ0) is 25.8. The van der Waals surface area contributed by atoms with E-state index in [4.69, 9.17) is 0 Å². The molecule has 36 heavy (non-hydrogen) atoms. The molecule has 1 aliphatic rings. The second-order valence-corrected chi connectivity index (χ2v) is 12.3. The van der Waals surface area contributed by atoms with Gasteiger partial charge in [-0.3, -0.25) is 0 Å². The van der Waals surface area contributed by atoms with Gasteiger partial charge in [-0.15, -0.1) is 0 Å². The molecule has 3 aromatic rings. The standard InChI is InChI=1S/C34H45NO/c1-32(2,3)28-20-18-27(19-21-28)31(36)17-12-24-35-25-22-33(4,23-26-35)34(5,29-13-8-6-9-14-29)30-15-10-7-11-16-30/h6-11,13-16,18-21,31,36H,12,17,22-26H2,1-5H3. The van der Waals surface area contributed by atoms with Crippen molar-refractivity contribution in [1.29, 1.82) is 0 Å². The topological polar surface area (TPSA) is 23.5 Å². The maximum atomic E-state index is 10.8. The molecule has 4 rings (SSSR count). The van der Waals surface area contributed by atoms with Crippen molar-refractivity contribution >= 4 is 0 Å². The third-order valence-electron chi connectivity index (χ3n) is 8.98. The highest BCUT2D eigenvalue weighted by Gasteiger charge is 2.48. The van der Waals surface area contributed by atoms with Crippen LogP contribution in [0, 0.1) is 5.41 Å². The van der Waals surface area contributed by atoms with Gasteiger partial charge < -0.3 is 10.0 Å². The summed E-state index contributed by atoms with van der Waals surface area (Å²) in [5.41, 5.74) is 5.46. The van der Waals surface area contributed by atoms with E-state index in [1.807, 2.05) is 0 Å². The summed E-state index contributed by atoms with van der Waals surface area (Å²) in [6.45, 7) is 14.9. The van der Waals surface area contributed by atoms with Crippen LogP contribution in [0.4, 0.5) is 0 Å². The zero-order valence-corrected chi connectivity index (χ0v) is 23.0. The fourth-order valence-corrected chi connectivity index (χ4v) is 6.06. The Morgan fingerprint density at radius 2 is 1.25 bits per heavy atom. The van der Waals surface area contributed by atoms with Crippen LogP contribution in [-0.4, -0.2) is 29.6 Å². The number of likely N-dealkylation sites (tertiary alicyclic amines) is 1. The molecule has 192 valence electrons. The van der Waals surface area contributed by atoms with E-state index in [0.717, 1.165) is 38.0 Å². The van der Waals surface area contributed by atoms with Crippen molar-refractivity contribution in [3.8, 4) is 0 Å². The van der Waals surface area contributed by atoms with Crippen molar-refractivity contribution in [2.45, 2.75) is 77.2 Å². The van der Waals surface area contributed by atoms with Crippen LogP contribution < -0.4 is 0 Å². The predicted octanol–water partition coefficient (Wildman–Crippen LogP) is 7.91. The second-order valence-electron chi connectivity index (χ2n) is 12.3. The molecule has 1 unspecified atom stereocenters. The number of rotatable bonds is 8. The van der Waals surface area contributed by atoms with Crippen LogP contribution in [0.3, 0.4) is 0 Å². The quantitative estimate of drug-likeness (QED) is 0.352.